The first-order valence-electron chi connectivity index (χ1n) is 7.81. The smallest absolute Gasteiger partial charge is 0.288 e. The van der Waals surface area contributed by atoms with Gasteiger partial charge in [-0.1, -0.05) is 53.0 Å². The number of nitro groups is 1. The van der Waals surface area contributed by atoms with E-state index in [2.05, 4.69) is 17.5 Å². The quantitative estimate of drug-likeness (QED) is 0.364. The van der Waals surface area contributed by atoms with Gasteiger partial charge in [-0.05, 0) is 41.7 Å². The molecule has 1 N–H and O–H groups in total. The van der Waals surface area contributed by atoms with Crippen molar-refractivity contribution in [2.75, 3.05) is 5.32 Å². The molecule has 0 saturated carbocycles. The van der Waals surface area contributed by atoms with Crippen molar-refractivity contribution in [1.29, 1.82) is 0 Å². The Balaban J connectivity index is 1.82. The summed E-state index contributed by atoms with van der Waals surface area (Å²) in [6.07, 6.45) is 5.18. The van der Waals surface area contributed by atoms with E-state index in [1.165, 1.54) is 0 Å². The van der Waals surface area contributed by atoms with Gasteiger partial charge >= 0.3 is 0 Å². The normalized spacial score (nSPS) is 23.7. The van der Waals surface area contributed by atoms with Crippen LogP contribution in [0, 0.1) is 16.0 Å². The fraction of sp³-hybridized carbons (Fsp3) is 0.222. The van der Waals surface area contributed by atoms with Crippen molar-refractivity contribution in [3.63, 3.8) is 0 Å². The van der Waals surface area contributed by atoms with E-state index in [1.54, 1.807) is 18.2 Å². The highest BCUT2D eigenvalue weighted by Gasteiger charge is 2.39. The molecule has 0 radical (unpaired) electrons. The molecule has 1 heterocycles. The summed E-state index contributed by atoms with van der Waals surface area (Å²) in [5.74, 6) is 0.412. The maximum absolute atomic E-state index is 11.2. The third-order valence-electron chi connectivity index (χ3n) is 4.91. The van der Waals surface area contributed by atoms with Crippen LogP contribution >= 0.6 is 34.8 Å². The Morgan fingerprint density at radius 1 is 1.12 bits per heavy atom. The predicted octanol–water partition coefficient (Wildman–Crippen LogP) is 6.38. The van der Waals surface area contributed by atoms with Gasteiger partial charge in [-0.15, -0.1) is 0 Å². The first-order chi connectivity index (χ1) is 12.0. The fourth-order valence-electron chi connectivity index (χ4n) is 3.81. The zero-order valence-corrected chi connectivity index (χ0v) is 15.1. The number of nitro benzene ring substituents is 1. The SMILES string of the molecule is O=[N+]([O-])c1cc([C@@H]2Nc3c(Cl)cc(Cl)cc3[C@H]3C=CC[C@@H]32)ccc1Cl. The van der Waals surface area contributed by atoms with Gasteiger partial charge < -0.3 is 5.32 Å². The van der Waals surface area contributed by atoms with Crippen LogP contribution in [0.3, 0.4) is 0 Å². The summed E-state index contributed by atoms with van der Waals surface area (Å²) in [7, 11) is 0. The number of allylic oxidation sites excluding steroid dienone is 2. The molecule has 2 aliphatic rings. The highest BCUT2D eigenvalue weighted by Crippen LogP contribution is 2.52. The van der Waals surface area contributed by atoms with Gasteiger partial charge in [0.15, 0.2) is 0 Å². The van der Waals surface area contributed by atoms with Gasteiger partial charge in [-0.25, -0.2) is 0 Å². The average molecular weight is 396 g/mol. The summed E-state index contributed by atoms with van der Waals surface area (Å²) >= 11 is 18.5. The number of hydrogen-bond donors (Lipinski definition) is 1. The number of hydrogen-bond acceptors (Lipinski definition) is 3. The van der Waals surface area contributed by atoms with Gasteiger partial charge in [-0.3, -0.25) is 10.1 Å². The Hall–Kier alpha value is -1.75. The predicted molar refractivity (Wildman–Crippen MR) is 101 cm³/mol. The van der Waals surface area contributed by atoms with Gasteiger partial charge in [-0.2, -0.15) is 0 Å². The van der Waals surface area contributed by atoms with Crippen molar-refractivity contribution in [3.05, 3.63) is 78.8 Å². The third-order valence-corrected chi connectivity index (χ3v) is 5.75. The van der Waals surface area contributed by atoms with Crippen LogP contribution in [0.2, 0.25) is 15.1 Å². The number of benzene rings is 2. The zero-order valence-electron chi connectivity index (χ0n) is 12.9. The van der Waals surface area contributed by atoms with Crippen molar-refractivity contribution in [1.82, 2.24) is 0 Å². The van der Waals surface area contributed by atoms with Crippen LogP contribution < -0.4 is 5.32 Å². The number of nitrogens with zero attached hydrogens (tertiary/aromatic N) is 1. The maximum Gasteiger partial charge on any atom is 0.288 e. The van der Waals surface area contributed by atoms with Gasteiger partial charge in [0.1, 0.15) is 5.02 Å². The lowest BCUT2D eigenvalue weighted by molar-refractivity contribution is -0.384. The Morgan fingerprint density at radius 2 is 1.92 bits per heavy atom. The second-order valence-corrected chi connectivity index (χ2v) is 7.55. The molecule has 0 unspecified atom stereocenters. The molecule has 25 heavy (non-hydrogen) atoms. The second kappa shape index (κ2) is 6.20. The molecular formula is C18H13Cl3N2O2. The molecule has 4 nitrogen and oxygen atoms in total. The first kappa shape index (κ1) is 16.7. The van der Waals surface area contributed by atoms with E-state index in [9.17, 15) is 10.1 Å². The van der Waals surface area contributed by atoms with E-state index in [4.69, 9.17) is 34.8 Å². The zero-order chi connectivity index (χ0) is 17.7. The van der Waals surface area contributed by atoms with Gasteiger partial charge in [0.25, 0.3) is 5.69 Å². The van der Waals surface area contributed by atoms with E-state index in [1.807, 2.05) is 12.1 Å². The average Bonchev–Trinajstić information content (AvgIpc) is 3.04. The maximum atomic E-state index is 11.2. The summed E-state index contributed by atoms with van der Waals surface area (Å²) in [4.78, 5) is 10.8. The minimum Gasteiger partial charge on any atom is -0.376 e. The van der Waals surface area contributed by atoms with Crippen LogP contribution in [-0.2, 0) is 0 Å². The summed E-state index contributed by atoms with van der Waals surface area (Å²) < 4.78 is 0. The van der Waals surface area contributed by atoms with Crippen LogP contribution in [0.4, 0.5) is 11.4 Å². The number of rotatable bonds is 2. The molecule has 0 saturated heterocycles. The Bertz CT molecular complexity index is 913. The molecule has 3 atom stereocenters. The molecule has 1 aliphatic carbocycles. The Morgan fingerprint density at radius 3 is 2.68 bits per heavy atom. The number of halogens is 3. The van der Waals surface area contributed by atoms with Gasteiger partial charge in [0.2, 0.25) is 0 Å². The van der Waals surface area contributed by atoms with E-state index in [0.717, 1.165) is 23.2 Å². The minimum absolute atomic E-state index is 0.0866. The summed E-state index contributed by atoms with van der Waals surface area (Å²) in [5, 5.41) is 16.0. The van der Waals surface area contributed by atoms with Crippen molar-refractivity contribution >= 4 is 46.2 Å². The molecule has 1 aliphatic heterocycles. The fourth-order valence-corrected chi connectivity index (χ4v) is 4.56. The molecule has 7 heteroatoms. The molecule has 0 spiro atoms. The van der Waals surface area contributed by atoms with E-state index < -0.39 is 4.92 Å². The number of nitrogens with one attached hydrogen (secondary N) is 1. The van der Waals surface area contributed by atoms with Gasteiger partial charge in [0.05, 0.1) is 21.7 Å². The molecule has 2 aromatic rings. The van der Waals surface area contributed by atoms with Crippen molar-refractivity contribution in [2.45, 2.75) is 18.4 Å². The van der Waals surface area contributed by atoms with Crippen molar-refractivity contribution in [3.8, 4) is 0 Å². The first-order valence-corrected chi connectivity index (χ1v) is 8.95. The standard InChI is InChI=1S/C18H13Cl3N2O2/c19-10-7-13-11-2-1-3-12(11)17(22-18(13)15(21)8-10)9-4-5-14(20)16(6-9)23(24)25/h1-2,4-8,11-12,17,22H,3H2/t11-,12-,17-/m0/s1. The minimum atomic E-state index is -0.459. The molecule has 128 valence electrons. The molecule has 4 rings (SSSR count). The van der Waals surface area contributed by atoms with E-state index in [-0.39, 0.29) is 28.6 Å². The topological polar surface area (TPSA) is 55.2 Å². The van der Waals surface area contributed by atoms with Gasteiger partial charge in [0, 0.05) is 17.0 Å². The van der Waals surface area contributed by atoms with Crippen molar-refractivity contribution < 1.29 is 4.92 Å². The van der Waals surface area contributed by atoms with Crippen LogP contribution in [-0.4, -0.2) is 4.92 Å². The highest BCUT2D eigenvalue weighted by atomic mass is 35.5. The number of fused-ring (bicyclic) bond motifs is 3. The Kier molecular flexibility index (Phi) is 4.14. The van der Waals surface area contributed by atoms with Crippen LogP contribution in [0.25, 0.3) is 0 Å². The lowest BCUT2D eigenvalue weighted by Crippen LogP contribution is -2.29. The van der Waals surface area contributed by atoms with Crippen LogP contribution in [0.5, 0.6) is 0 Å². The molecular weight excluding hydrogens is 383 g/mol. The van der Waals surface area contributed by atoms with Crippen LogP contribution in [0.15, 0.2) is 42.5 Å². The molecule has 0 bridgehead atoms. The summed E-state index contributed by atoms with van der Waals surface area (Å²) in [6, 6.07) is 8.50. The van der Waals surface area contributed by atoms with E-state index in [0.29, 0.717) is 10.0 Å². The largest absolute Gasteiger partial charge is 0.376 e. The molecule has 0 amide bonds. The third kappa shape index (κ3) is 2.78. The molecule has 2 aromatic carbocycles. The Labute approximate surface area is 159 Å². The van der Waals surface area contributed by atoms with Crippen LogP contribution in [0.1, 0.15) is 29.5 Å². The summed E-state index contributed by atoms with van der Waals surface area (Å²) in [5.41, 5.74) is 2.64. The lowest BCUT2D eigenvalue weighted by atomic mass is 9.77. The number of anilines is 1. The lowest BCUT2D eigenvalue weighted by Gasteiger charge is -2.38. The highest BCUT2D eigenvalue weighted by molar-refractivity contribution is 6.36. The molecule has 0 fully saturated rings. The van der Waals surface area contributed by atoms with E-state index >= 15 is 0 Å². The monoisotopic (exact) mass is 394 g/mol. The molecule has 0 aromatic heterocycles. The summed E-state index contributed by atoms with van der Waals surface area (Å²) in [6.45, 7) is 0. The second-order valence-electron chi connectivity index (χ2n) is 6.30. The van der Waals surface area contributed by atoms with Crippen molar-refractivity contribution in [2.24, 2.45) is 5.92 Å².